The highest BCUT2D eigenvalue weighted by molar-refractivity contribution is 14.1. The minimum absolute atomic E-state index is 0.0793. The van der Waals surface area contributed by atoms with Crippen molar-refractivity contribution in [2.75, 3.05) is 23.9 Å². The maximum atomic E-state index is 13.1. The van der Waals surface area contributed by atoms with Crippen LogP contribution in [0.2, 0.25) is 0 Å². The molecule has 0 aliphatic heterocycles. The monoisotopic (exact) mass is 673 g/mol. The average molecular weight is 673 g/mol. The van der Waals surface area contributed by atoms with Gasteiger partial charge in [-0.3, -0.25) is 4.79 Å². The van der Waals surface area contributed by atoms with Crippen molar-refractivity contribution >= 4 is 60.9 Å². The van der Waals surface area contributed by atoms with Crippen LogP contribution in [0.25, 0.3) is 11.0 Å². The Balaban J connectivity index is 1.52. The number of nitrogens with one attached hydrogen (secondary N) is 2. The fraction of sp³-hybridized carbons (Fsp3) is 0.240. The standard InChI is InChI=1S/C25H23F3IN5O4S/c1-39(36,37)14-22(35)30-8-10-34-9-7-20-23(34)24(32-15-31-20)33-18-5-6-21(16(11-18)13-29)38-19-4-2-3-17(12-19)25(26,27)28/h2-7,9,11-12,15H,8,10,13-14H2,1H3,(H,30,35)(H,31,32,33). The predicted molar refractivity (Wildman–Crippen MR) is 149 cm³/mol. The molecule has 0 saturated carbocycles. The highest BCUT2D eigenvalue weighted by Crippen LogP contribution is 2.35. The Morgan fingerprint density at radius 2 is 1.92 bits per heavy atom. The zero-order valence-electron chi connectivity index (χ0n) is 20.5. The fourth-order valence-corrected chi connectivity index (χ4v) is 4.95. The summed E-state index contributed by atoms with van der Waals surface area (Å²) in [5.41, 5.74) is 1.98. The number of anilines is 2. The van der Waals surface area contributed by atoms with Gasteiger partial charge in [0.2, 0.25) is 5.91 Å². The van der Waals surface area contributed by atoms with Gasteiger partial charge in [0.15, 0.2) is 15.7 Å². The number of alkyl halides is 4. The lowest BCUT2D eigenvalue weighted by Gasteiger charge is -2.15. The van der Waals surface area contributed by atoms with Crippen molar-refractivity contribution in [1.29, 1.82) is 0 Å². The summed E-state index contributed by atoms with van der Waals surface area (Å²) < 4.78 is 70.0. The third-order valence-electron chi connectivity index (χ3n) is 5.47. The highest BCUT2D eigenvalue weighted by atomic mass is 127. The summed E-state index contributed by atoms with van der Waals surface area (Å²) in [4.78, 5) is 20.5. The summed E-state index contributed by atoms with van der Waals surface area (Å²) in [5.74, 6) is -0.159. The van der Waals surface area contributed by atoms with Crippen molar-refractivity contribution < 1.29 is 31.1 Å². The average Bonchev–Trinajstić information content (AvgIpc) is 3.27. The molecule has 39 heavy (non-hydrogen) atoms. The number of halogens is 4. The number of rotatable bonds is 10. The maximum Gasteiger partial charge on any atom is 0.416 e. The second kappa shape index (κ2) is 11.8. The molecule has 0 bridgehead atoms. The third kappa shape index (κ3) is 7.59. The van der Waals surface area contributed by atoms with E-state index in [1.807, 2.05) is 10.6 Å². The largest absolute Gasteiger partial charge is 0.457 e. The summed E-state index contributed by atoms with van der Waals surface area (Å²) in [5, 5.41) is 5.84. The number of fused-ring (bicyclic) bond motifs is 1. The topological polar surface area (TPSA) is 115 Å². The van der Waals surface area contributed by atoms with Crippen LogP contribution in [0.4, 0.5) is 24.7 Å². The van der Waals surface area contributed by atoms with E-state index in [-0.39, 0.29) is 12.3 Å². The molecule has 2 aromatic carbocycles. The molecule has 2 heterocycles. The minimum atomic E-state index is -4.47. The quantitative estimate of drug-likeness (QED) is 0.178. The van der Waals surface area contributed by atoms with Gasteiger partial charge in [0.05, 0.1) is 11.1 Å². The first-order chi connectivity index (χ1) is 18.4. The summed E-state index contributed by atoms with van der Waals surface area (Å²) >= 11 is 2.15. The zero-order chi connectivity index (χ0) is 28.2. The van der Waals surface area contributed by atoms with Crippen LogP contribution < -0.4 is 15.4 Å². The predicted octanol–water partition coefficient (Wildman–Crippen LogP) is 5.08. The molecular weight excluding hydrogens is 650 g/mol. The van der Waals surface area contributed by atoms with Crippen molar-refractivity contribution in [1.82, 2.24) is 19.9 Å². The molecule has 0 aliphatic carbocycles. The third-order valence-corrected chi connectivity index (χ3v) is 7.08. The highest BCUT2D eigenvalue weighted by Gasteiger charge is 2.30. The van der Waals surface area contributed by atoms with Crippen LogP contribution in [0.15, 0.2) is 61.1 Å². The van der Waals surface area contributed by atoms with Crippen LogP contribution in [0, 0.1) is 0 Å². The summed E-state index contributed by atoms with van der Waals surface area (Å²) in [6.45, 7) is 0.552. The Morgan fingerprint density at radius 3 is 2.64 bits per heavy atom. The number of carbonyl (C=O) groups is 1. The van der Waals surface area contributed by atoms with E-state index < -0.39 is 33.2 Å². The normalized spacial score (nSPS) is 11.9. The van der Waals surface area contributed by atoms with Crippen molar-refractivity contribution in [3.63, 3.8) is 0 Å². The lowest BCUT2D eigenvalue weighted by molar-refractivity contribution is -0.137. The van der Waals surface area contributed by atoms with Crippen LogP contribution >= 0.6 is 22.6 Å². The molecule has 9 nitrogen and oxygen atoms in total. The Morgan fingerprint density at radius 1 is 1.13 bits per heavy atom. The van der Waals surface area contributed by atoms with Gasteiger partial charge < -0.3 is 19.9 Å². The van der Waals surface area contributed by atoms with E-state index in [0.717, 1.165) is 24.0 Å². The summed E-state index contributed by atoms with van der Waals surface area (Å²) in [6, 6.07) is 11.7. The molecule has 14 heteroatoms. The van der Waals surface area contributed by atoms with Gasteiger partial charge in [-0.2, -0.15) is 13.2 Å². The number of amides is 1. The molecule has 2 N–H and O–H groups in total. The van der Waals surface area contributed by atoms with E-state index in [1.165, 1.54) is 18.5 Å². The number of ether oxygens (including phenoxy) is 1. The van der Waals surface area contributed by atoms with Crippen molar-refractivity contribution in [3.05, 3.63) is 72.2 Å². The van der Waals surface area contributed by atoms with Gasteiger partial charge in [-0.15, -0.1) is 0 Å². The molecule has 4 aromatic rings. The zero-order valence-corrected chi connectivity index (χ0v) is 23.5. The number of carbonyl (C=O) groups excluding carboxylic acids is 1. The molecule has 0 radical (unpaired) electrons. The molecule has 0 atom stereocenters. The number of aromatic nitrogens is 3. The Kier molecular flexibility index (Phi) is 8.64. The minimum Gasteiger partial charge on any atom is -0.457 e. The van der Waals surface area contributed by atoms with Crippen molar-refractivity contribution in [2.45, 2.75) is 17.1 Å². The molecule has 0 aliphatic rings. The Hall–Kier alpha value is -3.40. The van der Waals surface area contributed by atoms with Gasteiger partial charge in [0, 0.05) is 41.2 Å². The van der Waals surface area contributed by atoms with Crippen LogP contribution in [0.3, 0.4) is 0 Å². The molecule has 1 amide bonds. The first kappa shape index (κ1) is 28.6. The lowest BCUT2D eigenvalue weighted by atomic mass is 10.2. The molecule has 0 spiro atoms. The maximum absolute atomic E-state index is 13.1. The second-order valence-corrected chi connectivity index (χ2v) is 11.5. The van der Waals surface area contributed by atoms with E-state index in [4.69, 9.17) is 4.74 Å². The SMILES string of the molecule is CS(=O)(=O)CC(=O)NCCn1ccc2ncnc(Nc3ccc(Oc4cccc(C(F)(F)F)c4)c(CI)c3)c21. The van der Waals surface area contributed by atoms with Gasteiger partial charge >= 0.3 is 6.18 Å². The number of benzene rings is 2. The van der Waals surface area contributed by atoms with Gasteiger partial charge in [0.1, 0.15) is 29.1 Å². The second-order valence-electron chi connectivity index (χ2n) is 8.59. The van der Waals surface area contributed by atoms with Crippen molar-refractivity contribution in [3.8, 4) is 11.5 Å². The number of sulfone groups is 1. The first-order valence-corrected chi connectivity index (χ1v) is 15.1. The van der Waals surface area contributed by atoms with Gasteiger partial charge in [-0.25, -0.2) is 18.4 Å². The number of hydrogen-bond donors (Lipinski definition) is 2. The molecule has 0 unspecified atom stereocenters. The van der Waals surface area contributed by atoms with Crippen LogP contribution in [0.1, 0.15) is 11.1 Å². The molecule has 0 saturated heterocycles. The van der Waals surface area contributed by atoms with E-state index in [9.17, 15) is 26.4 Å². The molecular formula is C25H23F3IN5O4S. The van der Waals surface area contributed by atoms with E-state index in [1.54, 1.807) is 24.4 Å². The molecule has 0 fully saturated rings. The number of hydrogen-bond acceptors (Lipinski definition) is 7. The molecule has 4 rings (SSSR count). The van der Waals surface area contributed by atoms with Gasteiger partial charge in [0.25, 0.3) is 0 Å². The molecule has 206 valence electrons. The van der Waals surface area contributed by atoms with Crippen LogP contribution in [0.5, 0.6) is 11.5 Å². The fourth-order valence-electron chi connectivity index (χ4n) is 3.78. The van der Waals surface area contributed by atoms with E-state index >= 15 is 0 Å². The van der Waals surface area contributed by atoms with Gasteiger partial charge in [-0.1, -0.05) is 28.7 Å². The van der Waals surface area contributed by atoms with E-state index in [2.05, 4.69) is 43.2 Å². The Bertz CT molecular complexity index is 1610. The smallest absolute Gasteiger partial charge is 0.416 e. The Labute approximate surface area is 235 Å². The van der Waals surface area contributed by atoms with E-state index in [0.29, 0.717) is 39.3 Å². The van der Waals surface area contributed by atoms with Crippen LogP contribution in [-0.4, -0.2) is 47.4 Å². The number of nitrogens with zero attached hydrogens (tertiary/aromatic N) is 3. The van der Waals surface area contributed by atoms with Crippen LogP contribution in [-0.2, 0) is 31.8 Å². The summed E-state index contributed by atoms with van der Waals surface area (Å²) in [6.07, 6.45) is -0.279. The lowest BCUT2D eigenvalue weighted by Crippen LogP contribution is -2.32. The summed E-state index contributed by atoms with van der Waals surface area (Å²) in [7, 11) is -3.42. The first-order valence-electron chi connectivity index (χ1n) is 11.5. The van der Waals surface area contributed by atoms with Crippen molar-refractivity contribution in [2.24, 2.45) is 0 Å². The molecule has 2 aromatic heterocycles. The van der Waals surface area contributed by atoms with Gasteiger partial charge in [-0.05, 0) is 42.5 Å².